The minimum atomic E-state index is -2.58. The van der Waals surface area contributed by atoms with E-state index in [0.717, 1.165) is 14.1 Å². The van der Waals surface area contributed by atoms with Gasteiger partial charge < -0.3 is 0 Å². The van der Waals surface area contributed by atoms with Gasteiger partial charge in [-0.05, 0) is 0 Å². The van der Waals surface area contributed by atoms with Gasteiger partial charge in [0.05, 0.1) is 0 Å². The van der Waals surface area contributed by atoms with E-state index >= 15 is 4.79 Å². The Bertz CT molecular complexity index is 2750. The number of benzene rings is 1. The molecule has 0 unspecified atom stereocenters. The van der Waals surface area contributed by atoms with E-state index in [1.165, 1.54) is 19.2 Å². The number of carbonyl (C=O) groups is 1. The van der Waals surface area contributed by atoms with Gasteiger partial charge in [-0.3, -0.25) is 0 Å². The number of rotatable bonds is 64. The quantitative estimate of drug-likeness (QED) is 0.0598. The molecule has 0 saturated carbocycles. The topological polar surface area (TPSA) is 29.4 Å². The van der Waals surface area contributed by atoms with Crippen molar-refractivity contribution in [2.24, 2.45) is 4.81 Å². The minimum absolute atomic E-state index is 0.0618. The third-order valence-corrected chi connectivity index (χ3v) is 27.6. The maximum absolute atomic E-state index is 15.1. The van der Waals surface area contributed by atoms with Crippen molar-refractivity contribution in [2.75, 3.05) is 0 Å². The Morgan fingerprint density at radius 2 is 0.308 bits per heavy atom. The SMILES string of the molecule is [B]B([B])B(B([B])[B])B(B([B])[B][B]C(=O)c1ccccc1)B(B(B=NB(B(B(B(B([B])[B])B([B])[B])B(B([B])[B])B([B])[B])B(B(B([B])[B])B([B])[B])B(B([B])[B])B([B])[B])B(B(B(B([B])[B])B([B])[B])B(B([B])[B])B([B])[B])B(B(B([B])[B])B([B])[B])B(B([B])[B])B([B])[B])B(B(B(B([B])[B])B([B])[B])B(B([B])[B])B([B])[B])B(B(B([B])[B])B([B])[B])B(B([B])[B])B([B])[B])B(B(B([B])[B])B([B])[B])B(B([B])[B])B([B])[B]. The molecule has 1 aromatic rings. The van der Waals surface area contributed by atoms with Crippen LogP contribution in [-0.4, -0.2) is 882 Å². The second-order valence-electron chi connectivity index (χ2n) is 36.9. The summed E-state index contributed by atoms with van der Waals surface area (Å²) >= 11 is 0. The molecule has 0 aliphatic heterocycles. The molecule has 1 aromatic carbocycles. The summed E-state index contributed by atoms with van der Waals surface area (Å²) < 4.78 is 0. The van der Waals surface area contributed by atoms with E-state index < -0.39 is 389 Å². The van der Waals surface area contributed by atoms with E-state index in [9.17, 15) is 0 Å². The molecule has 126 heteroatoms. The molecule has 124 radical (unpaired) electrons. The first-order chi connectivity index (χ1) is 60.9. The Kier molecular flexibility index (Phi) is 67.0. The van der Waals surface area contributed by atoms with Crippen LogP contribution in [0.5, 0.6) is 0 Å². The molecule has 0 N–H and O–H groups in total. The fourth-order valence-electron chi connectivity index (χ4n) is 22.8. The van der Waals surface area contributed by atoms with Crippen LogP contribution in [-0.2, 0) is 0 Å². The summed E-state index contributed by atoms with van der Waals surface area (Å²) in [6.45, 7) is -1.50. The summed E-state index contributed by atoms with van der Waals surface area (Å²) in [5.41, 5.74) is -0.676. The van der Waals surface area contributed by atoms with Gasteiger partial charge in [0.2, 0.25) is 0 Å². The van der Waals surface area contributed by atoms with Gasteiger partial charge in [-0.25, -0.2) is 0 Å². The van der Waals surface area contributed by atoms with Crippen molar-refractivity contribution < 1.29 is 4.79 Å². The predicted octanol–water partition coefficient (Wildman–Crippen LogP) is -45.7. The van der Waals surface area contributed by atoms with Crippen LogP contribution in [0.25, 0.3) is 0 Å². The fourth-order valence-corrected chi connectivity index (χ4v) is 22.8. The summed E-state index contributed by atoms with van der Waals surface area (Å²) in [6.07, 6.45) is -118. The maximum atomic E-state index is 15.1. The third-order valence-electron chi connectivity index (χ3n) is 27.6. The normalized spacial score (nSPS) is 9.92. The standard InChI is InChI=1S/C7H5B124NO/c8-72(9)104(73(10)11)119(102(68)70-69-7(133)6-4-2-1-3-5-6)120(122(105(74(12)13)75(14)15)106(76(16)17)77(18)19)103(121(123(107(78(20)21)79(22)23)108(80(24)25)81(26)27)124(109(82(28)29)83(30)31)110(84(32)33)85(34)35)71-132-131(129(125(111(86(36)37)87(38)39)112(88(40)41)89(42)43)126(113(90(44)45)91(46)47)114(92(48)49)93(50)51)130(127(115(94(52)53)95(54)55)116(96(56)57)97(58)59)128(117(98(60)61)99(62)63)118(100(64)65)101(66)67/h1-5H. The van der Waals surface area contributed by atoms with Crippen LogP contribution >= 0.6 is 0 Å². The second-order valence-corrected chi connectivity index (χ2v) is 36.9. The third kappa shape index (κ3) is 38.2. The average Bonchev–Trinajstić information content (AvgIpc) is 0.727. The molecule has 0 aliphatic carbocycles. The number of carbonyl (C=O) groups excluding carboxylic acids is 1. The van der Waals surface area contributed by atoms with Crippen molar-refractivity contribution in [1.29, 1.82) is 0 Å². The van der Waals surface area contributed by atoms with Crippen LogP contribution in [0, 0.1) is 0 Å². The molecule has 0 aliphatic rings. The molecule has 0 saturated heterocycles. The molecule has 0 spiro atoms. The summed E-state index contributed by atoms with van der Waals surface area (Å²) in [5.74, 6) is 0. The molecular weight excluding hydrogens is 1450 g/mol. The average molecular weight is 1460 g/mol. The van der Waals surface area contributed by atoms with E-state index in [1.54, 1.807) is 18.2 Å². The van der Waals surface area contributed by atoms with Crippen molar-refractivity contribution in [3.05, 3.63) is 35.9 Å². The first kappa shape index (κ1) is 138. The first-order valence-electron chi connectivity index (χ1n) is 43.8. The van der Waals surface area contributed by atoms with Gasteiger partial charge in [0.25, 0.3) is 0 Å². The van der Waals surface area contributed by atoms with E-state index in [-0.39, 0.29) is 5.56 Å². The summed E-state index contributed by atoms with van der Waals surface area (Å²) in [5, 5.41) is 0. The monoisotopic (exact) mass is 1480 g/mol. The van der Waals surface area contributed by atoms with Crippen molar-refractivity contribution in [1.82, 2.24) is 0 Å². The van der Waals surface area contributed by atoms with Crippen molar-refractivity contribution in [2.45, 2.75) is 0 Å². The van der Waals surface area contributed by atoms with E-state index in [4.69, 9.17) is 477 Å². The molecule has 0 amide bonds. The van der Waals surface area contributed by atoms with Crippen LogP contribution in [0.4, 0.5) is 0 Å². The van der Waals surface area contributed by atoms with E-state index in [1.807, 2.05) is 0 Å². The van der Waals surface area contributed by atoms with Gasteiger partial charge in [-0.2, -0.15) is 0 Å². The molecule has 0 aromatic heterocycles. The van der Waals surface area contributed by atoms with Crippen LogP contribution in [0.2, 0.25) is 0 Å². The van der Waals surface area contributed by atoms with Crippen LogP contribution in [0.1, 0.15) is 10.4 Å². The number of hydrogen-bond donors (Lipinski definition) is 0. The summed E-state index contributed by atoms with van der Waals surface area (Å²) in [4.78, 5) is 21.2. The Morgan fingerprint density at radius 3 is 0.459 bits per heavy atom. The molecule has 416 valence electrons. The van der Waals surface area contributed by atoms with Crippen LogP contribution in [0.3, 0.4) is 0 Å². The molecular formula is C7H5B124NO. The van der Waals surface area contributed by atoms with Crippen molar-refractivity contribution in [3.63, 3.8) is 0 Å². The Morgan fingerprint density at radius 1 is 0.173 bits per heavy atom. The summed E-state index contributed by atoms with van der Waals surface area (Å²) in [6, 6.07) is 7.66. The molecule has 1 rings (SSSR count). The van der Waals surface area contributed by atoms with E-state index in [0.29, 0.717) is 0 Å². The van der Waals surface area contributed by atoms with Gasteiger partial charge in [-0.15, -0.1) is 0 Å². The van der Waals surface area contributed by atoms with Gasteiger partial charge in [0, 0.05) is 0 Å². The Balaban J connectivity index is 8.10. The summed E-state index contributed by atoms with van der Waals surface area (Å²) in [7, 11) is 444. The Hall–Kier alpha value is 6.74. The predicted molar refractivity (Wildman–Crippen MR) is 747 cm³/mol. The van der Waals surface area contributed by atoms with Crippen LogP contribution in [0.15, 0.2) is 35.1 Å². The Labute approximate surface area is 917 Å². The number of hydrogen-bond acceptors (Lipinski definition) is 2. The second kappa shape index (κ2) is 64.7. The van der Waals surface area contributed by atoms with Gasteiger partial charge in [0.1, 0.15) is 0 Å². The molecule has 0 atom stereocenters. The zero-order valence-corrected chi connectivity index (χ0v) is 76.3. The first-order valence-corrected chi connectivity index (χ1v) is 43.8. The number of nitrogens with zero attached hydrogens (tertiary/aromatic N) is 1. The molecule has 0 bridgehead atoms. The van der Waals surface area contributed by atoms with Crippen LogP contribution < -0.4 is 0 Å². The van der Waals surface area contributed by atoms with Gasteiger partial charge in [0.15, 0.2) is 0 Å². The molecule has 2 nitrogen and oxygen atoms in total. The fraction of sp³-hybridized carbons (Fsp3) is 0. The van der Waals surface area contributed by atoms with E-state index in [2.05, 4.69) is 0 Å². The van der Waals surface area contributed by atoms with Crippen molar-refractivity contribution in [3.8, 4) is 0 Å². The van der Waals surface area contributed by atoms with Gasteiger partial charge in [-0.1, -0.05) is 0 Å². The zero-order valence-electron chi connectivity index (χ0n) is 76.3. The van der Waals surface area contributed by atoms with Crippen molar-refractivity contribution >= 4 is 882 Å². The zero-order chi connectivity index (χ0) is 104. The molecule has 0 fully saturated rings. The molecule has 133 heavy (non-hydrogen) atoms. The molecule has 0 heterocycles. The van der Waals surface area contributed by atoms with Gasteiger partial charge >= 0.3 is 928 Å².